The Balaban J connectivity index is 1.47. The van der Waals surface area contributed by atoms with Crippen molar-refractivity contribution in [2.45, 2.75) is 64.5 Å². The molecule has 38 heavy (non-hydrogen) atoms. The van der Waals surface area contributed by atoms with Crippen molar-refractivity contribution in [1.29, 1.82) is 0 Å². The summed E-state index contributed by atoms with van der Waals surface area (Å²) in [7, 11) is 0. The number of fused-ring (bicyclic) bond motifs is 2. The summed E-state index contributed by atoms with van der Waals surface area (Å²) in [6.07, 6.45) is 1.56. The summed E-state index contributed by atoms with van der Waals surface area (Å²) in [5.74, 6) is -0.507. The summed E-state index contributed by atoms with van der Waals surface area (Å²) in [6.45, 7) is 5.99. The van der Waals surface area contributed by atoms with Gasteiger partial charge in [0.15, 0.2) is 5.13 Å². The second-order valence-corrected chi connectivity index (χ2v) is 13.2. The highest BCUT2D eigenvalue weighted by Gasteiger charge is 2.59. The van der Waals surface area contributed by atoms with E-state index in [1.807, 2.05) is 55.6 Å². The molecule has 2 heterocycles. The second-order valence-electron chi connectivity index (χ2n) is 11.2. The highest BCUT2D eigenvalue weighted by molar-refractivity contribution is 7.16. The van der Waals surface area contributed by atoms with Gasteiger partial charge in [0.05, 0.1) is 29.3 Å². The fraction of sp³-hybridized carbons (Fsp3) is 0.483. The molecule has 7 nitrogen and oxygen atoms in total. The molecule has 202 valence electrons. The molecule has 2 aliphatic carbocycles. The number of benzene rings is 1. The molecule has 9 heteroatoms. The van der Waals surface area contributed by atoms with Crippen LogP contribution in [0, 0.1) is 16.7 Å². The molecule has 1 saturated carbocycles. The standard InChI is InChI=1S/C29H35N3O4S2/c1-17(18-8-5-4-6-9-18)30-24(35)14-19-25-21(38-27(31-25)32-26(36)20-10-7-13-37-20)15-22-28(19,2)12-11-23(34)29(22,3)16-33/h4-10,13,17,19,22-23,33-34H,11-12,14-16H2,1-3H3,(H,30,35)(H,31,32,36). The molecular weight excluding hydrogens is 518 g/mol. The van der Waals surface area contributed by atoms with Gasteiger partial charge in [-0.25, -0.2) is 4.98 Å². The average molecular weight is 554 g/mol. The first-order valence-electron chi connectivity index (χ1n) is 13.1. The number of thiophene rings is 1. The first-order valence-corrected chi connectivity index (χ1v) is 14.8. The molecular formula is C29H35N3O4S2. The van der Waals surface area contributed by atoms with E-state index < -0.39 is 11.5 Å². The van der Waals surface area contributed by atoms with Crippen LogP contribution in [0.5, 0.6) is 0 Å². The van der Waals surface area contributed by atoms with E-state index in [9.17, 15) is 19.8 Å². The first-order chi connectivity index (χ1) is 18.2. The summed E-state index contributed by atoms with van der Waals surface area (Å²) in [5.41, 5.74) is 0.853. The number of hydrogen-bond acceptors (Lipinski definition) is 7. The Labute approximate surface area is 231 Å². The number of carbonyl (C=O) groups is 2. The maximum atomic E-state index is 13.5. The van der Waals surface area contributed by atoms with E-state index in [1.165, 1.54) is 22.7 Å². The van der Waals surface area contributed by atoms with E-state index in [0.29, 0.717) is 22.9 Å². The molecule has 2 aliphatic rings. The molecule has 0 bridgehead atoms. The van der Waals surface area contributed by atoms with Gasteiger partial charge in [0.2, 0.25) is 5.91 Å². The monoisotopic (exact) mass is 553 g/mol. The van der Waals surface area contributed by atoms with Crippen LogP contribution in [0.25, 0.3) is 0 Å². The molecule has 1 aromatic carbocycles. The molecule has 3 aromatic rings. The summed E-state index contributed by atoms with van der Waals surface area (Å²) in [5, 5.41) is 29.9. The lowest BCUT2D eigenvalue weighted by Gasteiger charge is -2.58. The zero-order chi connectivity index (χ0) is 27.1. The summed E-state index contributed by atoms with van der Waals surface area (Å²) >= 11 is 2.81. The van der Waals surface area contributed by atoms with E-state index in [4.69, 9.17) is 4.98 Å². The van der Waals surface area contributed by atoms with Gasteiger partial charge in [0.25, 0.3) is 5.91 Å². The van der Waals surface area contributed by atoms with E-state index in [-0.39, 0.29) is 48.1 Å². The number of anilines is 1. The maximum Gasteiger partial charge on any atom is 0.267 e. The largest absolute Gasteiger partial charge is 0.396 e. The van der Waals surface area contributed by atoms with Crippen molar-refractivity contribution in [1.82, 2.24) is 10.3 Å². The number of amides is 2. The van der Waals surface area contributed by atoms with Crippen LogP contribution >= 0.6 is 22.7 Å². The van der Waals surface area contributed by atoms with Crippen LogP contribution in [-0.2, 0) is 11.2 Å². The SMILES string of the molecule is CC(NC(=O)CC1c2nc(NC(=O)c3cccs3)sc2CC2C(C)(CO)C(O)CCC12C)c1ccccc1. The number of thiazole rings is 1. The van der Waals surface area contributed by atoms with Crippen molar-refractivity contribution in [3.8, 4) is 0 Å². The van der Waals surface area contributed by atoms with Crippen molar-refractivity contribution in [3.05, 3.63) is 68.9 Å². The molecule has 6 unspecified atom stereocenters. The van der Waals surface area contributed by atoms with Gasteiger partial charge in [-0.2, -0.15) is 0 Å². The zero-order valence-electron chi connectivity index (χ0n) is 21.9. The van der Waals surface area contributed by atoms with Gasteiger partial charge >= 0.3 is 0 Å². The molecule has 2 amide bonds. The molecule has 5 rings (SSSR count). The predicted molar refractivity (Wildman–Crippen MR) is 150 cm³/mol. The van der Waals surface area contributed by atoms with Crippen molar-refractivity contribution in [2.75, 3.05) is 11.9 Å². The minimum absolute atomic E-state index is 0.0399. The maximum absolute atomic E-state index is 13.5. The van der Waals surface area contributed by atoms with Crippen LogP contribution in [0.15, 0.2) is 47.8 Å². The Morgan fingerprint density at radius 3 is 2.63 bits per heavy atom. The number of carbonyl (C=O) groups excluding carboxylic acids is 2. The van der Waals surface area contributed by atoms with Crippen LogP contribution in [0.3, 0.4) is 0 Å². The van der Waals surface area contributed by atoms with Crippen molar-refractivity contribution in [3.63, 3.8) is 0 Å². The highest BCUT2D eigenvalue weighted by Crippen LogP contribution is 2.62. The van der Waals surface area contributed by atoms with Crippen molar-refractivity contribution >= 4 is 39.6 Å². The third kappa shape index (κ3) is 4.81. The normalized spacial score (nSPS) is 29.1. The van der Waals surface area contributed by atoms with Gasteiger partial charge in [-0.1, -0.05) is 50.2 Å². The summed E-state index contributed by atoms with van der Waals surface area (Å²) in [4.78, 5) is 32.7. The van der Waals surface area contributed by atoms with Gasteiger partial charge in [-0.05, 0) is 54.5 Å². The highest BCUT2D eigenvalue weighted by atomic mass is 32.1. The molecule has 6 atom stereocenters. The van der Waals surface area contributed by atoms with E-state index in [0.717, 1.165) is 22.6 Å². The number of aliphatic hydroxyl groups is 2. The minimum atomic E-state index is -0.693. The summed E-state index contributed by atoms with van der Waals surface area (Å²) in [6, 6.07) is 13.3. The zero-order valence-corrected chi connectivity index (χ0v) is 23.6. The van der Waals surface area contributed by atoms with Crippen LogP contribution < -0.4 is 10.6 Å². The number of hydrogen-bond donors (Lipinski definition) is 4. The lowest BCUT2D eigenvalue weighted by Crippen LogP contribution is -2.57. The van der Waals surface area contributed by atoms with Crippen LogP contribution in [0.4, 0.5) is 5.13 Å². The fourth-order valence-corrected chi connectivity index (χ4v) is 8.26. The molecule has 1 fully saturated rings. The van der Waals surface area contributed by atoms with Crippen LogP contribution in [0.2, 0.25) is 0 Å². The summed E-state index contributed by atoms with van der Waals surface area (Å²) < 4.78 is 0. The molecule has 0 saturated heterocycles. The van der Waals surface area contributed by atoms with Gasteiger partial charge in [-0.3, -0.25) is 14.9 Å². The van der Waals surface area contributed by atoms with Gasteiger partial charge < -0.3 is 15.5 Å². The Morgan fingerprint density at radius 2 is 1.95 bits per heavy atom. The average Bonchev–Trinajstić information content (AvgIpc) is 3.58. The second kappa shape index (κ2) is 10.5. The topological polar surface area (TPSA) is 112 Å². The number of rotatable bonds is 7. The van der Waals surface area contributed by atoms with E-state index in [2.05, 4.69) is 17.6 Å². The van der Waals surface area contributed by atoms with Crippen LogP contribution in [0.1, 0.15) is 77.8 Å². The number of nitrogens with one attached hydrogen (secondary N) is 2. The lowest BCUT2D eigenvalue weighted by molar-refractivity contribution is -0.144. The molecule has 2 aromatic heterocycles. The number of aromatic nitrogens is 1. The van der Waals surface area contributed by atoms with Gasteiger partial charge in [-0.15, -0.1) is 22.7 Å². The molecule has 0 radical (unpaired) electrons. The third-order valence-corrected chi connectivity index (χ3v) is 10.8. The van der Waals surface area contributed by atoms with E-state index in [1.54, 1.807) is 6.07 Å². The Hall–Kier alpha value is -2.59. The minimum Gasteiger partial charge on any atom is -0.396 e. The Morgan fingerprint density at radius 1 is 1.18 bits per heavy atom. The van der Waals surface area contributed by atoms with Crippen molar-refractivity contribution < 1.29 is 19.8 Å². The van der Waals surface area contributed by atoms with Crippen molar-refractivity contribution in [2.24, 2.45) is 16.7 Å². The van der Waals surface area contributed by atoms with Gasteiger partial charge in [0, 0.05) is 22.6 Å². The fourth-order valence-electron chi connectivity index (χ4n) is 6.58. The first kappa shape index (κ1) is 27.0. The quantitative estimate of drug-likeness (QED) is 0.324. The smallest absolute Gasteiger partial charge is 0.267 e. The molecule has 4 N–H and O–H groups in total. The Bertz CT molecular complexity index is 1290. The molecule has 0 aliphatic heterocycles. The predicted octanol–water partition coefficient (Wildman–Crippen LogP) is 5.14. The van der Waals surface area contributed by atoms with E-state index >= 15 is 0 Å². The van der Waals surface area contributed by atoms with Crippen LogP contribution in [-0.4, -0.2) is 39.7 Å². The third-order valence-electron chi connectivity index (χ3n) is 8.93. The lowest BCUT2D eigenvalue weighted by atomic mass is 9.47. The number of nitrogens with zero attached hydrogens (tertiary/aromatic N) is 1. The number of aliphatic hydroxyl groups excluding tert-OH is 2. The molecule has 0 spiro atoms. The Kier molecular flexibility index (Phi) is 7.48. The van der Waals surface area contributed by atoms with Gasteiger partial charge in [0.1, 0.15) is 0 Å².